The summed E-state index contributed by atoms with van der Waals surface area (Å²) in [6.07, 6.45) is 13.6. The zero-order chi connectivity index (χ0) is 13.9. The lowest BCUT2D eigenvalue weighted by atomic mass is 10.0. The van der Waals surface area contributed by atoms with Gasteiger partial charge in [0, 0.05) is 11.4 Å². The topological polar surface area (TPSA) is 3.24 Å². The van der Waals surface area contributed by atoms with Gasteiger partial charge >= 0.3 is 0 Å². The van der Waals surface area contributed by atoms with E-state index in [1.165, 1.54) is 22.5 Å². The quantitative estimate of drug-likeness (QED) is 0.741. The molecule has 0 fully saturated rings. The molecular formula is C19H21N. The first-order valence-electron chi connectivity index (χ1n) is 7.31. The van der Waals surface area contributed by atoms with E-state index in [1.807, 2.05) is 0 Å². The van der Waals surface area contributed by atoms with Crippen LogP contribution in [0.4, 0.5) is 5.69 Å². The van der Waals surface area contributed by atoms with Crippen molar-refractivity contribution < 1.29 is 0 Å². The Morgan fingerprint density at radius 2 is 1.80 bits per heavy atom. The normalized spacial score (nSPS) is 21.3. The predicted octanol–water partition coefficient (Wildman–Crippen LogP) is 5.00. The molecule has 2 aliphatic carbocycles. The SMILES string of the molecule is CC1=CC(N(C2=CC=C(C)CC2)c2ccccc2)C=C1. The molecule has 1 aromatic rings. The fourth-order valence-corrected chi connectivity index (χ4v) is 2.84. The van der Waals surface area contributed by atoms with Crippen molar-refractivity contribution in [2.45, 2.75) is 32.7 Å². The monoisotopic (exact) mass is 263 g/mol. The number of nitrogens with zero attached hydrogens (tertiary/aromatic N) is 1. The molecule has 0 heterocycles. The first-order valence-corrected chi connectivity index (χ1v) is 7.31. The van der Waals surface area contributed by atoms with Crippen LogP contribution in [-0.2, 0) is 0 Å². The minimum absolute atomic E-state index is 0.343. The van der Waals surface area contributed by atoms with Gasteiger partial charge in [0.1, 0.15) is 0 Å². The zero-order valence-electron chi connectivity index (χ0n) is 12.2. The second-order valence-corrected chi connectivity index (χ2v) is 5.64. The average molecular weight is 263 g/mol. The minimum Gasteiger partial charge on any atom is -0.335 e. The lowest BCUT2D eigenvalue weighted by Crippen LogP contribution is -2.31. The van der Waals surface area contributed by atoms with Gasteiger partial charge in [-0.3, -0.25) is 0 Å². The van der Waals surface area contributed by atoms with Crippen LogP contribution in [0.2, 0.25) is 0 Å². The highest BCUT2D eigenvalue weighted by molar-refractivity contribution is 5.58. The van der Waals surface area contributed by atoms with Crippen LogP contribution in [0.3, 0.4) is 0 Å². The minimum atomic E-state index is 0.343. The van der Waals surface area contributed by atoms with E-state index in [0.29, 0.717) is 6.04 Å². The lowest BCUT2D eigenvalue weighted by molar-refractivity contribution is 0.795. The van der Waals surface area contributed by atoms with Crippen LogP contribution in [0.25, 0.3) is 0 Å². The van der Waals surface area contributed by atoms with Crippen LogP contribution in [0.15, 0.2) is 77.6 Å². The van der Waals surface area contributed by atoms with Crippen LogP contribution < -0.4 is 4.90 Å². The Kier molecular flexibility index (Phi) is 3.60. The van der Waals surface area contributed by atoms with Gasteiger partial charge in [-0.05, 0) is 44.9 Å². The van der Waals surface area contributed by atoms with Crippen molar-refractivity contribution in [1.29, 1.82) is 0 Å². The van der Waals surface area contributed by atoms with E-state index >= 15 is 0 Å². The average Bonchev–Trinajstić information content (AvgIpc) is 2.89. The van der Waals surface area contributed by atoms with Crippen molar-refractivity contribution >= 4 is 5.69 Å². The third kappa shape index (κ3) is 2.62. The lowest BCUT2D eigenvalue weighted by Gasteiger charge is -2.33. The van der Waals surface area contributed by atoms with E-state index in [9.17, 15) is 0 Å². The summed E-state index contributed by atoms with van der Waals surface area (Å²) >= 11 is 0. The number of anilines is 1. The predicted molar refractivity (Wildman–Crippen MR) is 86.7 cm³/mol. The molecule has 1 unspecified atom stereocenters. The number of para-hydroxylation sites is 1. The first kappa shape index (κ1) is 13.0. The Morgan fingerprint density at radius 3 is 2.40 bits per heavy atom. The highest BCUT2D eigenvalue weighted by Crippen LogP contribution is 2.31. The Bertz CT molecular complexity index is 602. The summed E-state index contributed by atoms with van der Waals surface area (Å²) in [4.78, 5) is 2.45. The highest BCUT2D eigenvalue weighted by Gasteiger charge is 2.21. The van der Waals surface area contributed by atoms with E-state index in [0.717, 1.165) is 12.8 Å². The summed E-state index contributed by atoms with van der Waals surface area (Å²) < 4.78 is 0. The van der Waals surface area contributed by atoms with E-state index in [-0.39, 0.29) is 0 Å². The second-order valence-electron chi connectivity index (χ2n) is 5.64. The summed E-state index contributed by atoms with van der Waals surface area (Å²) in [6.45, 7) is 4.37. The molecule has 0 amide bonds. The van der Waals surface area contributed by atoms with Crippen molar-refractivity contribution in [3.05, 3.63) is 77.6 Å². The standard InChI is InChI=1S/C19H21N/c1-15-8-11-18(12-9-15)20(17-6-4-3-5-7-17)19-13-10-16(2)14-19/h3-8,10-11,13-14,19H,9,12H2,1-2H3. The maximum Gasteiger partial charge on any atom is 0.0711 e. The van der Waals surface area contributed by atoms with Gasteiger partial charge in [-0.15, -0.1) is 0 Å². The Morgan fingerprint density at radius 1 is 1.00 bits per heavy atom. The Labute approximate surface area is 121 Å². The molecule has 0 radical (unpaired) electrons. The van der Waals surface area contributed by atoms with Gasteiger partial charge in [0.25, 0.3) is 0 Å². The molecule has 1 atom stereocenters. The molecule has 3 rings (SSSR count). The Hall–Kier alpha value is -2.02. The number of benzene rings is 1. The van der Waals surface area contributed by atoms with Crippen LogP contribution in [-0.4, -0.2) is 6.04 Å². The zero-order valence-corrected chi connectivity index (χ0v) is 12.2. The van der Waals surface area contributed by atoms with Crippen LogP contribution in [0, 0.1) is 0 Å². The van der Waals surface area contributed by atoms with Crippen LogP contribution >= 0.6 is 0 Å². The maximum absolute atomic E-state index is 2.45. The molecule has 102 valence electrons. The highest BCUT2D eigenvalue weighted by atomic mass is 15.2. The largest absolute Gasteiger partial charge is 0.335 e. The fraction of sp³-hybridized carbons (Fsp3) is 0.263. The van der Waals surface area contributed by atoms with Crippen molar-refractivity contribution in [2.24, 2.45) is 0 Å². The number of rotatable bonds is 3. The van der Waals surface area contributed by atoms with Crippen molar-refractivity contribution in [1.82, 2.24) is 0 Å². The maximum atomic E-state index is 2.45. The van der Waals surface area contributed by atoms with Gasteiger partial charge in [-0.2, -0.15) is 0 Å². The third-order valence-electron chi connectivity index (χ3n) is 3.97. The van der Waals surface area contributed by atoms with Gasteiger partial charge in [0.2, 0.25) is 0 Å². The summed E-state index contributed by atoms with van der Waals surface area (Å²) in [7, 11) is 0. The fourth-order valence-electron chi connectivity index (χ4n) is 2.84. The Balaban J connectivity index is 1.99. The number of allylic oxidation sites excluding steroid dienone is 6. The molecule has 2 aliphatic rings. The molecule has 0 spiro atoms. The third-order valence-corrected chi connectivity index (χ3v) is 3.97. The molecule has 1 nitrogen and oxygen atoms in total. The molecule has 20 heavy (non-hydrogen) atoms. The van der Waals surface area contributed by atoms with Gasteiger partial charge in [-0.1, -0.05) is 53.6 Å². The molecule has 0 saturated heterocycles. The van der Waals surface area contributed by atoms with Crippen molar-refractivity contribution in [3.63, 3.8) is 0 Å². The van der Waals surface area contributed by atoms with Gasteiger partial charge < -0.3 is 4.90 Å². The van der Waals surface area contributed by atoms with E-state index < -0.39 is 0 Å². The van der Waals surface area contributed by atoms with Crippen molar-refractivity contribution in [3.8, 4) is 0 Å². The van der Waals surface area contributed by atoms with E-state index in [1.54, 1.807) is 0 Å². The molecule has 0 saturated carbocycles. The molecular weight excluding hydrogens is 242 g/mol. The molecule has 0 aliphatic heterocycles. The molecule has 0 aromatic heterocycles. The van der Waals surface area contributed by atoms with Crippen LogP contribution in [0.5, 0.6) is 0 Å². The molecule has 1 heteroatoms. The number of hydrogen-bond acceptors (Lipinski definition) is 1. The smallest absolute Gasteiger partial charge is 0.0711 e. The van der Waals surface area contributed by atoms with E-state index in [4.69, 9.17) is 0 Å². The van der Waals surface area contributed by atoms with Crippen LogP contribution in [0.1, 0.15) is 26.7 Å². The summed E-state index contributed by atoms with van der Waals surface area (Å²) in [5, 5.41) is 0. The molecule has 1 aromatic carbocycles. The summed E-state index contributed by atoms with van der Waals surface area (Å²) in [5.41, 5.74) is 5.49. The van der Waals surface area contributed by atoms with Gasteiger partial charge in [-0.25, -0.2) is 0 Å². The summed E-state index contributed by atoms with van der Waals surface area (Å²) in [6, 6.07) is 11.0. The van der Waals surface area contributed by atoms with Crippen molar-refractivity contribution in [2.75, 3.05) is 4.90 Å². The second kappa shape index (κ2) is 5.54. The van der Waals surface area contributed by atoms with Gasteiger partial charge in [0.15, 0.2) is 0 Å². The first-order chi connectivity index (χ1) is 9.74. The molecule has 0 N–H and O–H groups in total. The number of hydrogen-bond donors (Lipinski definition) is 0. The molecule has 0 bridgehead atoms. The van der Waals surface area contributed by atoms with E-state index in [2.05, 4.69) is 79.5 Å². The summed E-state index contributed by atoms with van der Waals surface area (Å²) in [5.74, 6) is 0. The van der Waals surface area contributed by atoms with Gasteiger partial charge in [0.05, 0.1) is 6.04 Å².